The van der Waals surface area contributed by atoms with E-state index in [0.717, 1.165) is 13.0 Å². The standard InChI is InChI=1S/C13H25NO5/c1-13(12(16)17)4-3-5-14(10-13)8-11(15)9-19-7-6-18-2/h11,15H,3-10H2,1-2H3,(H,16,17). The van der Waals surface area contributed by atoms with Crippen molar-refractivity contribution < 1.29 is 24.5 Å². The maximum absolute atomic E-state index is 11.2. The lowest BCUT2D eigenvalue weighted by Crippen LogP contribution is -2.48. The number of piperidine rings is 1. The van der Waals surface area contributed by atoms with Crippen LogP contribution in [0, 0.1) is 5.41 Å². The van der Waals surface area contributed by atoms with Gasteiger partial charge in [-0.2, -0.15) is 0 Å². The van der Waals surface area contributed by atoms with Crippen molar-refractivity contribution in [3.63, 3.8) is 0 Å². The van der Waals surface area contributed by atoms with Crippen molar-refractivity contribution in [3.05, 3.63) is 0 Å². The van der Waals surface area contributed by atoms with Gasteiger partial charge in [-0.05, 0) is 26.3 Å². The van der Waals surface area contributed by atoms with E-state index >= 15 is 0 Å². The number of β-amino-alcohol motifs (C(OH)–C–C–N with tert-alkyl or cyclic N) is 1. The zero-order valence-corrected chi connectivity index (χ0v) is 11.8. The lowest BCUT2D eigenvalue weighted by atomic mass is 9.82. The molecule has 0 aromatic rings. The minimum absolute atomic E-state index is 0.254. The Morgan fingerprint density at radius 2 is 2.21 bits per heavy atom. The van der Waals surface area contributed by atoms with Crippen LogP contribution in [0.5, 0.6) is 0 Å². The number of carboxylic acid groups (broad SMARTS) is 1. The average molecular weight is 275 g/mol. The summed E-state index contributed by atoms with van der Waals surface area (Å²) in [6, 6.07) is 0. The van der Waals surface area contributed by atoms with Gasteiger partial charge in [0.1, 0.15) is 0 Å². The Morgan fingerprint density at radius 3 is 2.84 bits per heavy atom. The summed E-state index contributed by atoms with van der Waals surface area (Å²) >= 11 is 0. The highest BCUT2D eigenvalue weighted by Gasteiger charge is 2.38. The number of ether oxygens (including phenoxy) is 2. The summed E-state index contributed by atoms with van der Waals surface area (Å²) < 4.78 is 10.1. The average Bonchev–Trinajstić information content (AvgIpc) is 2.34. The second-order valence-corrected chi connectivity index (χ2v) is 5.43. The van der Waals surface area contributed by atoms with Crippen LogP contribution in [0.15, 0.2) is 0 Å². The van der Waals surface area contributed by atoms with Crippen LogP contribution in [-0.4, -0.2) is 73.8 Å². The van der Waals surface area contributed by atoms with Crippen molar-refractivity contribution in [2.24, 2.45) is 5.41 Å². The fourth-order valence-electron chi connectivity index (χ4n) is 2.39. The van der Waals surface area contributed by atoms with Gasteiger partial charge in [-0.15, -0.1) is 0 Å². The van der Waals surface area contributed by atoms with E-state index in [4.69, 9.17) is 9.47 Å². The molecule has 0 aromatic carbocycles. The van der Waals surface area contributed by atoms with Crippen LogP contribution in [0.4, 0.5) is 0 Å². The first-order valence-electron chi connectivity index (χ1n) is 6.68. The number of aliphatic carboxylic acids is 1. The number of aliphatic hydroxyl groups is 1. The molecule has 112 valence electrons. The van der Waals surface area contributed by atoms with E-state index in [1.54, 1.807) is 14.0 Å². The van der Waals surface area contributed by atoms with Crippen molar-refractivity contribution in [1.82, 2.24) is 4.90 Å². The van der Waals surface area contributed by atoms with Crippen LogP contribution in [0.25, 0.3) is 0 Å². The molecule has 0 aromatic heterocycles. The Labute approximate surface area is 114 Å². The Bertz CT molecular complexity index is 286. The van der Waals surface area contributed by atoms with E-state index in [2.05, 4.69) is 0 Å². The van der Waals surface area contributed by atoms with Crippen molar-refractivity contribution in [1.29, 1.82) is 0 Å². The number of carbonyl (C=O) groups is 1. The monoisotopic (exact) mass is 275 g/mol. The third-order valence-corrected chi connectivity index (χ3v) is 3.50. The van der Waals surface area contributed by atoms with E-state index < -0.39 is 17.5 Å². The Hall–Kier alpha value is -0.690. The largest absolute Gasteiger partial charge is 0.481 e. The van der Waals surface area contributed by atoms with Gasteiger partial charge >= 0.3 is 5.97 Å². The van der Waals surface area contributed by atoms with Gasteiger partial charge < -0.3 is 19.7 Å². The van der Waals surface area contributed by atoms with E-state index in [-0.39, 0.29) is 6.61 Å². The summed E-state index contributed by atoms with van der Waals surface area (Å²) in [7, 11) is 1.60. The Balaban J connectivity index is 2.30. The van der Waals surface area contributed by atoms with Crippen LogP contribution in [-0.2, 0) is 14.3 Å². The zero-order valence-electron chi connectivity index (χ0n) is 11.8. The fourth-order valence-corrected chi connectivity index (χ4v) is 2.39. The molecule has 2 N–H and O–H groups in total. The number of carboxylic acids is 1. The molecule has 1 saturated heterocycles. The van der Waals surface area contributed by atoms with E-state index in [0.29, 0.717) is 32.7 Å². The van der Waals surface area contributed by atoms with E-state index in [9.17, 15) is 15.0 Å². The van der Waals surface area contributed by atoms with Crippen LogP contribution in [0.1, 0.15) is 19.8 Å². The number of hydrogen-bond acceptors (Lipinski definition) is 5. The molecule has 0 radical (unpaired) electrons. The van der Waals surface area contributed by atoms with Crippen LogP contribution >= 0.6 is 0 Å². The van der Waals surface area contributed by atoms with Gasteiger partial charge in [0.05, 0.1) is 31.3 Å². The molecule has 6 nitrogen and oxygen atoms in total. The summed E-state index contributed by atoms with van der Waals surface area (Å²) in [5.74, 6) is -0.761. The first-order valence-corrected chi connectivity index (χ1v) is 6.68. The van der Waals surface area contributed by atoms with Crippen LogP contribution in [0.2, 0.25) is 0 Å². The SMILES string of the molecule is COCCOCC(O)CN1CCCC(C)(C(=O)O)C1. The number of hydrogen-bond donors (Lipinski definition) is 2. The minimum atomic E-state index is -0.761. The fraction of sp³-hybridized carbons (Fsp3) is 0.923. The van der Waals surface area contributed by atoms with Crippen molar-refractivity contribution >= 4 is 5.97 Å². The first kappa shape index (κ1) is 16.4. The molecule has 0 amide bonds. The van der Waals surface area contributed by atoms with Gasteiger partial charge in [0.2, 0.25) is 0 Å². The molecule has 2 atom stereocenters. The molecule has 19 heavy (non-hydrogen) atoms. The molecule has 6 heteroatoms. The smallest absolute Gasteiger partial charge is 0.310 e. The zero-order chi connectivity index (χ0) is 14.3. The van der Waals surface area contributed by atoms with E-state index in [1.165, 1.54) is 0 Å². The van der Waals surface area contributed by atoms with Gasteiger partial charge in [-0.1, -0.05) is 0 Å². The summed E-state index contributed by atoms with van der Waals surface area (Å²) in [5, 5.41) is 19.1. The lowest BCUT2D eigenvalue weighted by molar-refractivity contribution is -0.151. The molecule has 0 spiro atoms. The molecule has 1 aliphatic heterocycles. The number of methoxy groups -OCH3 is 1. The van der Waals surface area contributed by atoms with Gasteiger partial charge in [0.15, 0.2) is 0 Å². The third-order valence-electron chi connectivity index (χ3n) is 3.50. The number of aliphatic hydroxyl groups excluding tert-OH is 1. The predicted molar refractivity (Wildman–Crippen MR) is 70.1 cm³/mol. The van der Waals surface area contributed by atoms with Gasteiger partial charge in [0, 0.05) is 20.2 Å². The summed E-state index contributed by atoms with van der Waals surface area (Å²) in [4.78, 5) is 13.2. The first-order chi connectivity index (χ1) is 8.98. The number of rotatable bonds is 8. The van der Waals surface area contributed by atoms with Crippen molar-refractivity contribution in [2.75, 3.05) is 46.6 Å². The molecule has 1 heterocycles. The number of nitrogens with zero attached hydrogens (tertiary/aromatic N) is 1. The minimum Gasteiger partial charge on any atom is -0.481 e. The van der Waals surface area contributed by atoms with Crippen LogP contribution < -0.4 is 0 Å². The molecule has 2 unspecified atom stereocenters. The normalized spacial score (nSPS) is 26.3. The molecule has 1 rings (SSSR count). The molecular formula is C13H25NO5. The summed E-state index contributed by atoms with van der Waals surface area (Å²) in [6.45, 7) is 4.76. The summed E-state index contributed by atoms with van der Waals surface area (Å²) in [6.07, 6.45) is 0.951. The quantitative estimate of drug-likeness (QED) is 0.616. The molecule has 1 fully saturated rings. The molecular weight excluding hydrogens is 250 g/mol. The maximum Gasteiger partial charge on any atom is 0.310 e. The summed E-state index contributed by atoms with van der Waals surface area (Å²) in [5.41, 5.74) is -0.700. The highest BCUT2D eigenvalue weighted by atomic mass is 16.5. The molecule has 0 bridgehead atoms. The maximum atomic E-state index is 11.2. The van der Waals surface area contributed by atoms with E-state index in [1.807, 2.05) is 4.90 Å². The topological polar surface area (TPSA) is 79.2 Å². The highest BCUT2D eigenvalue weighted by molar-refractivity contribution is 5.74. The van der Waals surface area contributed by atoms with Gasteiger partial charge in [-0.3, -0.25) is 9.69 Å². The Morgan fingerprint density at radius 1 is 1.47 bits per heavy atom. The van der Waals surface area contributed by atoms with Gasteiger partial charge in [-0.25, -0.2) is 0 Å². The third kappa shape index (κ3) is 5.44. The molecule has 0 saturated carbocycles. The lowest BCUT2D eigenvalue weighted by Gasteiger charge is -2.38. The van der Waals surface area contributed by atoms with Crippen molar-refractivity contribution in [3.8, 4) is 0 Å². The number of likely N-dealkylation sites (tertiary alicyclic amines) is 1. The molecule has 1 aliphatic rings. The Kier molecular flexibility index (Phi) is 6.71. The second kappa shape index (κ2) is 7.79. The predicted octanol–water partition coefficient (Wildman–Crippen LogP) is 0.197. The second-order valence-electron chi connectivity index (χ2n) is 5.43. The van der Waals surface area contributed by atoms with Crippen LogP contribution in [0.3, 0.4) is 0 Å². The molecule has 0 aliphatic carbocycles. The van der Waals surface area contributed by atoms with Crippen molar-refractivity contribution in [2.45, 2.75) is 25.9 Å². The highest BCUT2D eigenvalue weighted by Crippen LogP contribution is 2.29. The van der Waals surface area contributed by atoms with Gasteiger partial charge in [0.25, 0.3) is 0 Å².